The Balaban J connectivity index is 1.20. The van der Waals surface area contributed by atoms with Gasteiger partial charge in [-0.25, -0.2) is 9.50 Å². The Morgan fingerprint density at radius 3 is 2.56 bits per heavy atom. The van der Waals surface area contributed by atoms with Crippen molar-refractivity contribution in [2.45, 2.75) is 38.6 Å². The van der Waals surface area contributed by atoms with E-state index in [1.165, 1.54) is 22.3 Å². The van der Waals surface area contributed by atoms with Gasteiger partial charge < -0.3 is 10.4 Å². The third-order valence-electron chi connectivity index (χ3n) is 7.35. The molecule has 0 unspecified atom stereocenters. The van der Waals surface area contributed by atoms with E-state index in [9.17, 15) is 23.1 Å². The molecule has 1 saturated heterocycles. The number of aliphatic hydroxyl groups is 1. The molecule has 3 heterocycles. The fraction of sp³-hybridized carbons (Fsp3) is 0.345. The quantitative estimate of drug-likeness (QED) is 0.356. The second-order valence-corrected chi connectivity index (χ2v) is 10.0. The minimum absolute atomic E-state index is 0.0974. The Labute approximate surface area is 224 Å². The largest absolute Gasteiger partial charge is 0.416 e. The number of hydrogen-bond acceptors (Lipinski definition) is 5. The maximum absolute atomic E-state index is 13.1. The maximum Gasteiger partial charge on any atom is 0.416 e. The molecule has 1 fully saturated rings. The van der Waals surface area contributed by atoms with Gasteiger partial charge in [0, 0.05) is 30.9 Å². The van der Waals surface area contributed by atoms with E-state index in [-0.39, 0.29) is 18.0 Å². The van der Waals surface area contributed by atoms with Crippen LogP contribution in [0, 0.1) is 12.8 Å². The number of carbonyl (C=O) groups is 1. The van der Waals surface area contributed by atoms with Gasteiger partial charge in [-0.05, 0) is 56.5 Å². The van der Waals surface area contributed by atoms with Crippen LogP contribution in [0.25, 0.3) is 16.9 Å². The van der Waals surface area contributed by atoms with Gasteiger partial charge in [0.15, 0.2) is 5.65 Å². The van der Waals surface area contributed by atoms with Gasteiger partial charge >= 0.3 is 6.18 Å². The lowest BCUT2D eigenvalue weighted by Gasteiger charge is -2.34. The summed E-state index contributed by atoms with van der Waals surface area (Å²) in [5.41, 5.74) is 2.33. The zero-order chi connectivity index (χ0) is 27.6. The van der Waals surface area contributed by atoms with Crippen LogP contribution in [0.1, 0.15) is 40.0 Å². The summed E-state index contributed by atoms with van der Waals surface area (Å²) in [7, 11) is 0. The minimum Gasteiger partial charge on any atom is -0.391 e. The first kappa shape index (κ1) is 26.8. The van der Waals surface area contributed by atoms with Gasteiger partial charge in [0.1, 0.15) is 0 Å². The number of alkyl halides is 3. The van der Waals surface area contributed by atoms with Gasteiger partial charge in [-0.2, -0.15) is 18.3 Å². The zero-order valence-corrected chi connectivity index (χ0v) is 21.5. The van der Waals surface area contributed by atoms with E-state index in [0.29, 0.717) is 22.6 Å². The van der Waals surface area contributed by atoms with Crippen molar-refractivity contribution in [3.05, 3.63) is 89.2 Å². The highest BCUT2D eigenvalue weighted by Crippen LogP contribution is 2.32. The highest BCUT2D eigenvalue weighted by atomic mass is 19.4. The highest BCUT2D eigenvalue weighted by molar-refractivity contribution is 5.95. The highest BCUT2D eigenvalue weighted by Gasteiger charge is 2.31. The van der Waals surface area contributed by atoms with Crippen LogP contribution in [0.4, 0.5) is 13.2 Å². The van der Waals surface area contributed by atoms with Crippen LogP contribution in [0.3, 0.4) is 0 Å². The molecule has 0 spiro atoms. The second-order valence-electron chi connectivity index (χ2n) is 10.0. The van der Waals surface area contributed by atoms with Crippen molar-refractivity contribution in [2.75, 3.05) is 19.6 Å². The van der Waals surface area contributed by atoms with E-state index in [1.54, 1.807) is 19.1 Å². The predicted octanol–water partition coefficient (Wildman–Crippen LogP) is 4.73. The maximum atomic E-state index is 13.1. The molecule has 2 N–H and O–H groups in total. The monoisotopic (exact) mass is 537 g/mol. The molecular formula is C29H30F3N5O2. The van der Waals surface area contributed by atoms with E-state index in [4.69, 9.17) is 0 Å². The number of hydrogen-bond donors (Lipinski definition) is 2. The molecule has 1 aliphatic rings. The summed E-state index contributed by atoms with van der Waals surface area (Å²) in [5.74, 6) is -0.293. The first-order valence-corrected chi connectivity index (χ1v) is 12.9. The van der Waals surface area contributed by atoms with Crippen LogP contribution in [0.2, 0.25) is 0 Å². The first-order valence-electron chi connectivity index (χ1n) is 12.9. The van der Waals surface area contributed by atoms with E-state index in [2.05, 4.69) is 32.4 Å². The molecule has 0 saturated carbocycles. The third kappa shape index (κ3) is 6.12. The van der Waals surface area contributed by atoms with Crippen molar-refractivity contribution in [2.24, 2.45) is 5.92 Å². The molecule has 0 bridgehead atoms. The van der Waals surface area contributed by atoms with Gasteiger partial charge in [0.25, 0.3) is 5.91 Å². The molecule has 1 atom stereocenters. The zero-order valence-electron chi connectivity index (χ0n) is 21.5. The summed E-state index contributed by atoms with van der Waals surface area (Å²) in [4.78, 5) is 19.6. The van der Waals surface area contributed by atoms with Gasteiger partial charge in [0.05, 0.1) is 28.6 Å². The number of fused-ring (bicyclic) bond motifs is 1. The Kier molecular flexibility index (Phi) is 7.67. The number of amides is 1. The SMILES string of the molecule is Cc1c(C(=O)NC[C@@H](O)C2CCN(Cc3ccccc3)CC2)cnc2cc(-c3cccc(C(F)(F)F)c3)nn12. The van der Waals surface area contributed by atoms with Gasteiger partial charge in [-0.3, -0.25) is 9.69 Å². The van der Waals surface area contributed by atoms with Crippen molar-refractivity contribution in [1.82, 2.24) is 24.8 Å². The molecule has 204 valence electrons. The number of carbonyl (C=O) groups excluding carboxylic acids is 1. The molecular weight excluding hydrogens is 507 g/mol. The Morgan fingerprint density at radius 1 is 1.10 bits per heavy atom. The molecule has 4 aromatic rings. The van der Waals surface area contributed by atoms with Crippen molar-refractivity contribution < 1.29 is 23.1 Å². The molecule has 2 aromatic heterocycles. The molecule has 10 heteroatoms. The van der Waals surface area contributed by atoms with E-state index in [1.807, 2.05) is 18.2 Å². The fourth-order valence-electron chi connectivity index (χ4n) is 5.06. The van der Waals surface area contributed by atoms with E-state index >= 15 is 0 Å². The topological polar surface area (TPSA) is 82.8 Å². The van der Waals surface area contributed by atoms with E-state index in [0.717, 1.165) is 44.6 Å². The first-order chi connectivity index (χ1) is 18.7. The van der Waals surface area contributed by atoms with Gasteiger partial charge in [-0.15, -0.1) is 0 Å². The third-order valence-corrected chi connectivity index (χ3v) is 7.35. The number of aliphatic hydroxyl groups excluding tert-OH is 1. The summed E-state index contributed by atoms with van der Waals surface area (Å²) in [5, 5.41) is 18.0. The number of nitrogens with one attached hydrogen (secondary N) is 1. The summed E-state index contributed by atoms with van der Waals surface area (Å²) >= 11 is 0. The number of halogens is 3. The smallest absolute Gasteiger partial charge is 0.391 e. The number of aryl methyl sites for hydroxylation is 1. The molecule has 7 nitrogen and oxygen atoms in total. The Morgan fingerprint density at radius 2 is 1.85 bits per heavy atom. The summed E-state index contributed by atoms with van der Waals surface area (Å²) in [6.45, 7) is 4.48. The van der Waals surface area contributed by atoms with Crippen molar-refractivity contribution in [1.29, 1.82) is 0 Å². The molecule has 1 aliphatic heterocycles. The Hall–Kier alpha value is -3.76. The summed E-state index contributed by atoms with van der Waals surface area (Å²) < 4.78 is 40.9. The molecule has 1 amide bonds. The fourth-order valence-corrected chi connectivity index (χ4v) is 5.06. The molecule has 2 aromatic carbocycles. The summed E-state index contributed by atoms with van der Waals surface area (Å²) in [6, 6.07) is 16.8. The normalized spacial score (nSPS) is 15.9. The van der Waals surface area contributed by atoms with Crippen LogP contribution in [-0.2, 0) is 12.7 Å². The van der Waals surface area contributed by atoms with Crippen molar-refractivity contribution in [3.63, 3.8) is 0 Å². The number of aromatic nitrogens is 3. The molecule has 0 radical (unpaired) electrons. The summed E-state index contributed by atoms with van der Waals surface area (Å²) in [6.07, 6.45) is -2.00. The number of benzene rings is 2. The number of rotatable bonds is 7. The van der Waals surface area contributed by atoms with Gasteiger partial charge in [0.2, 0.25) is 0 Å². The lowest BCUT2D eigenvalue weighted by molar-refractivity contribution is -0.137. The molecule has 0 aliphatic carbocycles. The average molecular weight is 538 g/mol. The van der Waals surface area contributed by atoms with Crippen LogP contribution >= 0.6 is 0 Å². The Bertz CT molecular complexity index is 1450. The van der Waals surface area contributed by atoms with Gasteiger partial charge in [-0.1, -0.05) is 42.5 Å². The number of piperidine rings is 1. The molecule has 5 rings (SSSR count). The standard InChI is InChI=1S/C29H30F3N5O2/c1-19-24(16-33-27-15-25(35-37(19)27)22-8-5-9-23(14-22)29(30,31)32)28(39)34-17-26(38)21-10-12-36(13-11-21)18-20-6-3-2-4-7-20/h2-9,14-16,21,26,38H,10-13,17-18H2,1H3,(H,34,39)/t26-/m1/s1. The lowest BCUT2D eigenvalue weighted by atomic mass is 9.91. The van der Waals surface area contributed by atoms with Crippen LogP contribution in [0.15, 0.2) is 66.9 Å². The van der Waals surface area contributed by atoms with Crippen LogP contribution in [0.5, 0.6) is 0 Å². The van der Waals surface area contributed by atoms with Crippen molar-refractivity contribution >= 4 is 11.6 Å². The number of nitrogens with zero attached hydrogens (tertiary/aromatic N) is 4. The second kappa shape index (κ2) is 11.2. The minimum atomic E-state index is -4.46. The molecule has 39 heavy (non-hydrogen) atoms. The van der Waals surface area contributed by atoms with Crippen LogP contribution < -0.4 is 5.32 Å². The van der Waals surface area contributed by atoms with E-state index < -0.39 is 23.8 Å². The van der Waals surface area contributed by atoms with Crippen molar-refractivity contribution in [3.8, 4) is 11.3 Å². The van der Waals surface area contributed by atoms with Crippen LogP contribution in [-0.4, -0.2) is 56.2 Å². The predicted molar refractivity (Wildman–Crippen MR) is 141 cm³/mol. The average Bonchev–Trinajstić information content (AvgIpc) is 3.38. The number of likely N-dealkylation sites (tertiary alicyclic amines) is 1. The lowest BCUT2D eigenvalue weighted by Crippen LogP contribution is -2.42.